The second kappa shape index (κ2) is 8.55. The van der Waals surface area contributed by atoms with Crippen molar-refractivity contribution in [2.24, 2.45) is 5.73 Å². The second-order valence-electron chi connectivity index (χ2n) is 8.65. The SMILES string of the molecule is Cc1cncc(Nc2ccc3ncc(-c4nc(N[C@H]5CC[C@H](N)CC5)ncc4C)n3c2)c1. The largest absolute Gasteiger partial charge is 0.353 e. The minimum Gasteiger partial charge on any atom is -0.353 e. The molecule has 0 unspecified atom stereocenters. The summed E-state index contributed by atoms with van der Waals surface area (Å²) in [6.45, 7) is 4.05. The van der Waals surface area contributed by atoms with Gasteiger partial charge in [0, 0.05) is 30.7 Å². The van der Waals surface area contributed by atoms with Crippen LogP contribution in [0.1, 0.15) is 36.8 Å². The minimum atomic E-state index is 0.319. The maximum absolute atomic E-state index is 6.04. The molecule has 4 aromatic rings. The van der Waals surface area contributed by atoms with E-state index in [1.165, 1.54) is 0 Å². The van der Waals surface area contributed by atoms with Crippen LogP contribution in [0, 0.1) is 13.8 Å². The average Bonchev–Trinajstić information content (AvgIpc) is 3.20. The molecule has 0 radical (unpaired) electrons. The molecule has 4 aromatic heterocycles. The number of hydrogen-bond donors (Lipinski definition) is 3. The van der Waals surface area contributed by atoms with Gasteiger partial charge in [-0.2, -0.15) is 0 Å². The zero-order chi connectivity index (χ0) is 22.1. The molecule has 0 spiro atoms. The zero-order valence-corrected chi connectivity index (χ0v) is 18.4. The van der Waals surface area contributed by atoms with Crippen molar-refractivity contribution in [2.45, 2.75) is 51.6 Å². The summed E-state index contributed by atoms with van der Waals surface area (Å²) in [7, 11) is 0. The van der Waals surface area contributed by atoms with Crippen LogP contribution in [0.25, 0.3) is 17.0 Å². The maximum atomic E-state index is 6.04. The highest BCUT2D eigenvalue weighted by Gasteiger charge is 2.20. The lowest BCUT2D eigenvalue weighted by atomic mass is 9.92. The Labute approximate surface area is 187 Å². The van der Waals surface area contributed by atoms with Gasteiger partial charge in [0.1, 0.15) is 5.65 Å². The van der Waals surface area contributed by atoms with Gasteiger partial charge in [-0.25, -0.2) is 15.0 Å². The Morgan fingerprint density at radius 2 is 1.81 bits per heavy atom. The summed E-state index contributed by atoms with van der Waals surface area (Å²) in [6.07, 6.45) is 13.6. The number of fused-ring (bicyclic) bond motifs is 1. The van der Waals surface area contributed by atoms with Gasteiger partial charge in [0.25, 0.3) is 0 Å². The summed E-state index contributed by atoms with van der Waals surface area (Å²) in [6, 6.07) is 6.76. The van der Waals surface area contributed by atoms with Crippen LogP contribution in [0.2, 0.25) is 0 Å². The highest BCUT2D eigenvalue weighted by atomic mass is 15.1. The Kier molecular flexibility index (Phi) is 5.45. The highest BCUT2D eigenvalue weighted by molar-refractivity contribution is 5.67. The van der Waals surface area contributed by atoms with E-state index in [2.05, 4.69) is 36.1 Å². The maximum Gasteiger partial charge on any atom is 0.223 e. The molecular weight excluding hydrogens is 400 g/mol. The van der Waals surface area contributed by atoms with Crippen molar-refractivity contribution in [1.82, 2.24) is 24.3 Å². The number of nitrogens with two attached hydrogens (primary N) is 1. The van der Waals surface area contributed by atoms with Crippen molar-refractivity contribution in [2.75, 3.05) is 10.6 Å². The monoisotopic (exact) mass is 428 g/mol. The molecule has 4 heterocycles. The Morgan fingerprint density at radius 1 is 0.969 bits per heavy atom. The fraction of sp³-hybridized carbons (Fsp3) is 0.333. The first-order chi connectivity index (χ1) is 15.5. The van der Waals surface area contributed by atoms with Gasteiger partial charge in [-0.15, -0.1) is 0 Å². The highest BCUT2D eigenvalue weighted by Crippen LogP contribution is 2.27. The lowest BCUT2D eigenvalue weighted by molar-refractivity contribution is 0.410. The number of nitrogens with one attached hydrogen (secondary N) is 2. The van der Waals surface area contributed by atoms with Crippen molar-refractivity contribution < 1.29 is 0 Å². The van der Waals surface area contributed by atoms with Crippen LogP contribution in [-0.4, -0.2) is 36.4 Å². The molecule has 1 fully saturated rings. The summed E-state index contributed by atoms with van der Waals surface area (Å²) in [5.74, 6) is 0.654. The Bertz CT molecular complexity index is 1240. The van der Waals surface area contributed by atoms with Gasteiger partial charge in [0.2, 0.25) is 5.95 Å². The number of aryl methyl sites for hydroxylation is 2. The van der Waals surface area contributed by atoms with Crippen LogP contribution in [0.4, 0.5) is 17.3 Å². The van der Waals surface area contributed by atoms with Crippen molar-refractivity contribution in [3.63, 3.8) is 0 Å². The van der Waals surface area contributed by atoms with Gasteiger partial charge in [-0.3, -0.25) is 9.38 Å². The van der Waals surface area contributed by atoms with Gasteiger partial charge in [0.15, 0.2) is 0 Å². The molecule has 32 heavy (non-hydrogen) atoms. The van der Waals surface area contributed by atoms with Gasteiger partial charge >= 0.3 is 0 Å². The molecule has 1 aliphatic rings. The summed E-state index contributed by atoms with van der Waals surface area (Å²) in [5.41, 5.74) is 12.7. The topological polar surface area (TPSA) is 106 Å². The molecule has 5 rings (SSSR count). The summed E-state index contributed by atoms with van der Waals surface area (Å²) in [5, 5.41) is 6.92. The summed E-state index contributed by atoms with van der Waals surface area (Å²) in [4.78, 5) is 18.2. The molecule has 0 aliphatic heterocycles. The number of nitrogens with zero attached hydrogens (tertiary/aromatic N) is 5. The number of hydrogen-bond acceptors (Lipinski definition) is 7. The molecule has 8 heteroatoms. The third-order valence-corrected chi connectivity index (χ3v) is 5.99. The van der Waals surface area contributed by atoms with E-state index in [1.54, 1.807) is 0 Å². The lowest BCUT2D eigenvalue weighted by Gasteiger charge is -2.26. The van der Waals surface area contributed by atoms with Crippen LogP contribution < -0.4 is 16.4 Å². The van der Waals surface area contributed by atoms with Crippen LogP contribution >= 0.6 is 0 Å². The molecule has 164 valence electrons. The van der Waals surface area contributed by atoms with E-state index < -0.39 is 0 Å². The van der Waals surface area contributed by atoms with E-state index in [0.717, 1.165) is 65.2 Å². The van der Waals surface area contributed by atoms with Crippen LogP contribution in [0.15, 0.2) is 49.2 Å². The quantitative estimate of drug-likeness (QED) is 0.437. The molecule has 1 aliphatic carbocycles. The molecule has 0 aromatic carbocycles. The smallest absolute Gasteiger partial charge is 0.223 e. The number of pyridine rings is 2. The molecular formula is C24H28N8. The van der Waals surface area contributed by atoms with E-state index in [1.807, 2.05) is 57.0 Å². The molecule has 0 bridgehead atoms. The van der Waals surface area contributed by atoms with Gasteiger partial charge in [-0.1, -0.05) is 0 Å². The number of anilines is 3. The molecule has 1 saturated carbocycles. The zero-order valence-electron chi connectivity index (χ0n) is 18.4. The fourth-order valence-corrected chi connectivity index (χ4v) is 4.24. The Hall–Kier alpha value is -3.52. The number of rotatable bonds is 5. The van der Waals surface area contributed by atoms with E-state index in [4.69, 9.17) is 10.7 Å². The fourth-order valence-electron chi connectivity index (χ4n) is 4.24. The Balaban J connectivity index is 1.44. The van der Waals surface area contributed by atoms with Crippen LogP contribution in [0.5, 0.6) is 0 Å². The first-order valence-electron chi connectivity index (χ1n) is 11.1. The summed E-state index contributed by atoms with van der Waals surface area (Å²) >= 11 is 0. The first kappa shape index (κ1) is 20.4. The molecule has 0 saturated heterocycles. The van der Waals surface area contributed by atoms with E-state index >= 15 is 0 Å². The van der Waals surface area contributed by atoms with Crippen molar-refractivity contribution >= 4 is 23.0 Å². The predicted molar refractivity (Wildman–Crippen MR) is 127 cm³/mol. The lowest BCUT2D eigenvalue weighted by Crippen LogP contribution is -2.33. The predicted octanol–water partition coefficient (Wildman–Crippen LogP) is 4.23. The number of imidazole rings is 1. The van der Waals surface area contributed by atoms with Crippen molar-refractivity contribution in [1.29, 1.82) is 0 Å². The molecule has 0 atom stereocenters. The molecule has 4 N–H and O–H groups in total. The van der Waals surface area contributed by atoms with Crippen molar-refractivity contribution in [3.05, 3.63) is 60.3 Å². The van der Waals surface area contributed by atoms with E-state index in [9.17, 15) is 0 Å². The van der Waals surface area contributed by atoms with Gasteiger partial charge in [0.05, 0.1) is 35.2 Å². The van der Waals surface area contributed by atoms with Crippen LogP contribution in [0.3, 0.4) is 0 Å². The van der Waals surface area contributed by atoms with E-state index in [0.29, 0.717) is 18.0 Å². The average molecular weight is 429 g/mol. The van der Waals surface area contributed by atoms with Crippen molar-refractivity contribution in [3.8, 4) is 11.4 Å². The van der Waals surface area contributed by atoms with Gasteiger partial charge in [-0.05, 0) is 68.9 Å². The Morgan fingerprint density at radius 3 is 2.62 bits per heavy atom. The normalized spacial score (nSPS) is 18.6. The third kappa shape index (κ3) is 4.27. The first-order valence-corrected chi connectivity index (χ1v) is 11.1. The second-order valence-corrected chi connectivity index (χ2v) is 8.65. The number of aromatic nitrogens is 5. The summed E-state index contributed by atoms with van der Waals surface area (Å²) < 4.78 is 2.06. The van der Waals surface area contributed by atoms with E-state index in [-0.39, 0.29) is 0 Å². The minimum absolute atomic E-state index is 0.319. The third-order valence-electron chi connectivity index (χ3n) is 5.99. The molecule has 8 nitrogen and oxygen atoms in total. The molecule has 0 amide bonds. The van der Waals surface area contributed by atoms with Gasteiger partial charge < -0.3 is 16.4 Å². The standard InChI is InChI=1S/C24H28N8/c1-15-9-20(12-26-10-15)29-19-7-8-22-27-13-21(32(22)14-19)23-16(2)11-28-24(31-23)30-18-5-3-17(25)4-6-18/h7-14,17-18,29H,3-6,25H2,1-2H3,(H,28,30,31)/t17-,18-. The van der Waals surface area contributed by atoms with Crippen LogP contribution in [-0.2, 0) is 0 Å².